The highest BCUT2D eigenvalue weighted by Gasteiger charge is 2.12. The van der Waals surface area contributed by atoms with Crippen molar-refractivity contribution < 1.29 is 4.98 Å². The van der Waals surface area contributed by atoms with Crippen LogP contribution in [0.25, 0.3) is 33.5 Å². The maximum Gasteiger partial charge on any atom is 0.285 e. The number of nitrogens with zero attached hydrogens (tertiary/aromatic N) is 1. The lowest BCUT2D eigenvalue weighted by Gasteiger charge is -1.92. The third-order valence-corrected chi connectivity index (χ3v) is 3.34. The molecule has 4 aromatic rings. The van der Waals surface area contributed by atoms with E-state index in [9.17, 15) is 0 Å². The summed E-state index contributed by atoms with van der Waals surface area (Å²) in [5, 5.41) is 0. The van der Waals surface area contributed by atoms with Crippen LogP contribution in [0.2, 0.25) is 0 Å². The summed E-state index contributed by atoms with van der Waals surface area (Å²) in [5.41, 5.74) is 5.39. The molecule has 0 unspecified atom stereocenters. The molecule has 2 heterocycles. The number of aromatic nitrogens is 4. The molecular weight excluding hydrogens is 236 g/mol. The zero-order chi connectivity index (χ0) is 12.8. The number of benzene rings is 2. The van der Waals surface area contributed by atoms with Crippen LogP contribution in [0.15, 0.2) is 42.5 Å². The lowest BCUT2D eigenvalue weighted by molar-refractivity contribution is -0.330. The van der Waals surface area contributed by atoms with Crippen molar-refractivity contribution in [3.05, 3.63) is 48.3 Å². The first-order valence-corrected chi connectivity index (χ1v) is 6.26. The predicted octanol–water partition coefficient (Wildman–Crippen LogP) is 2.83. The Kier molecular flexibility index (Phi) is 2.00. The number of fused-ring (bicyclic) bond motifs is 2. The molecule has 2 aromatic carbocycles. The molecule has 4 rings (SSSR count). The Morgan fingerprint density at radius 3 is 2.79 bits per heavy atom. The fourth-order valence-electron chi connectivity index (χ4n) is 2.44. The van der Waals surface area contributed by atoms with Gasteiger partial charge in [0.25, 0.3) is 5.82 Å². The van der Waals surface area contributed by atoms with E-state index >= 15 is 0 Å². The topological polar surface area (TPSA) is 58.6 Å². The molecule has 0 aliphatic carbocycles. The van der Waals surface area contributed by atoms with Crippen molar-refractivity contribution in [1.82, 2.24) is 15.0 Å². The summed E-state index contributed by atoms with van der Waals surface area (Å²) < 4.78 is 0. The van der Waals surface area contributed by atoms with Crippen molar-refractivity contribution in [3.8, 4) is 11.4 Å². The third kappa shape index (κ3) is 1.61. The molecule has 0 aliphatic rings. The molecule has 2 aromatic heterocycles. The fourth-order valence-corrected chi connectivity index (χ4v) is 2.44. The van der Waals surface area contributed by atoms with Gasteiger partial charge >= 0.3 is 0 Å². The number of rotatable bonds is 1. The predicted molar refractivity (Wildman–Crippen MR) is 74.7 cm³/mol. The molecule has 3 N–H and O–H groups in total. The number of hydrogen-bond donors (Lipinski definition) is 2. The Balaban J connectivity index is 1.92. The van der Waals surface area contributed by atoms with Gasteiger partial charge in [0, 0.05) is 0 Å². The van der Waals surface area contributed by atoms with E-state index in [1.54, 1.807) is 0 Å². The fraction of sp³-hybridized carbons (Fsp3) is 0.0667. The highest BCUT2D eigenvalue weighted by Crippen LogP contribution is 2.21. The number of aryl methyl sites for hydroxylation is 1. The summed E-state index contributed by atoms with van der Waals surface area (Å²) in [7, 11) is 0. The minimum atomic E-state index is 0.938. The van der Waals surface area contributed by atoms with E-state index in [-0.39, 0.29) is 0 Å². The lowest BCUT2D eigenvalue weighted by Crippen LogP contribution is -2.01. The van der Waals surface area contributed by atoms with E-state index in [4.69, 9.17) is 0 Å². The maximum atomic E-state index is 4.41. The summed E-state index contributed by atoms with van der Waals surface area (Å²) >= 11 is 0. The monoisotopic (exact) mass is 249 g/mol. The van der Waals surface area contributed by atoms with Gasteiger partial charge in [-0.1, -0.05) is 12.1 Å². The Morgan fingerprint density at radius 2 is 1.89 bits per heavy atom. The summed E-state index contributed by atoms with van der Waals surface area (Å²) in [6.45, 7) is 1.97. The Labute approximate surface area is 109 Å². The third-order valence-electron chi connectivity index (χ3n) is 3.34. The molecular formula is C15H13N4+. The molecule has 0 atom stereocenters. The second-order valence-electron chi connectivity index (χ2n) is 4.72. The van der Waals surface area contributed by atoms with Gasteiger partial charge in [0.2, 0.25) is 0 Å². The summed E-state index contributed by atoms with van der Waals surface area (Å²) in [6, 6.07) is 14.4. The van der Waals surface area contributed by atoms with Crippen molar-refractivity contribution in [2.45, 2.75) is 6.92 Å². The first-order chi connectivity index (χ1) is 9.29. The molecule has 0 bridgehead atoms. The van der Waals surface area contributed by atoms with Crippen LogP contribution in [-0.4, -0.2) is 15.0 Å². The van der Waals surface area contributed by atoms with Gasteiger partial charge in [0.05, 0.1) is 16.6 Å². The van der Waals surface area contributed by atoms with Crippen LogP contribution in [0.3, 0.4) is 0 Å². The van der Waals surface area contributed by atoms with Crippen LogP contribution < -0.4 is 4.98 Å². The highest BCUT2D eigenvalue weighted by atomic mass is 14.9. The van der Waals surface area contributed by atoms with Gasteiger partial charge in [-0.3, -0.25) is 0 Å². The van der Waals surface area contributed by atoms with Crippen molar-refractivity contribution in [2.75, 3.05) is 0 Å². The highest BCUT2D eigenvalue weighted by molar-refractivity contribution is 5.81. The molecule has 4 heteroatoms. The standard InChI is InChI=1S/C15H12N4/c1-9-16-13-7-6-10(8-14(13)17-9)15-18-11-4-2-3-5-12(11)19-15/h2-8H,1H3,(H,16,17)(H,18,19)/p+1. The van der Waals surface area contributed by atoms with Crippen LogP contribution >= 0.6 is 0 Å². The van der Waals surface area contributed by atoms with Crippen LogP contribution in [0, 0.1) is 6.92 Å². The largest absolute Gasteiger partial charge is 0.342 e. The smallest absolute Gasteiger partial charge is 0.285 e. The quantitative estimate of drug-likeness (QED) is 0.535. The molecule has 0 spiro atoms. The SMILES string of the molecule is Cc1nc2ccc(-c3[nH]c4ccccc4[nH+]3)cc2[nH]1. The van der Waals surface area contributed by atoms with E-state index < -0.39 is 0 Å². The van der Waals surface area contributed by atoms with E-state index in [1.807, 2.05) is 25.1 Å². The second kappa shape index (κ2) is 3.68. The lowest BCUT2D eigenvalue weighted by atomic mass is 10.2. The Morgan fingerprint density at radius 1 is 1.00 bits per heavy atom. The van der Waals surface area contributed by atoms with E-state index in [0.29, 0.717) is 0 Å². The molecule has 0 aliphatic heterocycles. The van der Waals surface area contributed by atoms with Gasteiger partial charge in [-0.2, -0.15) is 0 Å². The van der Waals surface area contributed by atoms with Crippen LogP contribution in [0.5, 0.6) is 0 Å². The zero-order valence-electron chi connectivity index (χ0n) is 10.5. The number of aromatic amines is 3. The van der Waals surface area contributed by atoms with Crippen molar-refractivity contribution >= 4 is 22.1 Å². The van der Waals surface area contributed by atoms with Gasteiger partial charge in [-0.05, 0) is 37.3 Å². The minimum Gasteiger partial charge on any atom is -0.342 e. The second-order valence-corrected chi connectivity index (χ2v) is 4.72. The molecule has 4 nitrogen and oxygen atoms in total. The van der Waals surface area contributed by atoms with Crippen molar-refractivity contribution in [2.24, 2.45) is 0 Å². The maximum absolute atomic E-state index is 4.41. The zero-order valence-corrected chi connectivity index (χ0v) is 10.5. The number of nitrogens with one attached hydrogen (secondary N) is 3. The normalized spacial score (nSPS) is 11.4. The van der Waals surface area contributed by atoms with Crippen LogP contribution in [-0.2, 0) is 0 Å². The summed E-state index contributed by atoms with van der Waals surface area (Å²) in [5.74, 6) is 1.95. The molecule has 0 amide bonds. The number of H-pyrrole nitrogens is 3. The Bertz CT molecular complexity index is 852. The molecule has 0 radical (unpaired) electrons. The first-order valence-electron chi connectivity index (χ1n) is 6.26. The van der Waals surface area contributed by atoms with Gasteiger partial charge in [0.15, 0.2) is 11.0 Å². The van der Waals surface area contributed by atoms with E-state index in [2.05, 4.69) is 44.2 Å². The molecule has 0 fully saturated rings. The van der Waals surface area contributed by atoms with Gasteiger partial charge in [-0.25, -0.2) is 15.0 Å². The van der Waals surface area contributed by atoms with Crippen LogP contribution in [0.4, 0.5) is 0 Å². The molecule has 0 saturated heterocycles. The molecule has 0 saturated carbocycles. The molecule has 92 valence electrons. The van der Waals surface area contributed by atoms with Crippen LogP contribution in [0.1, 0.15) is 5.82 Å². The summed E-state index contributed by atoms with van der Waals surface area (Å²) in [4.78, 5) is 14.5. The van der Waals surface area contributed by atoms with E-state index in [1.165, 1.54) is 0 Å². The summed E-state index contributed by atoms with van der Waals surface area (Å²) in [6.07, 6.45) is 0. The van der Waals surface area contributed by atoms with Crippen molar-refractivity contribution in [3.63, 3.8) is 0 Å². The average Bonchev–Trinajstić information content (AvgIpc) is 2.99. The number of para-hydroxylation sites is 2. The van der Waals surface area contributed by atoms with E-state index in [0.717, 1.165) is 39.3 Å². The van der Waals surface area contributed by atoms with Gasteiger partial charge < -0.3 is 4.98 Å². The van der Waals surface area contributed by atoms with Gasteiger partial charge in [-0.15, -0.1) is 0 Å². The van der Waals surface area contributed by atoms with Crippen molar-refractivity contribution in [1.29, 1.82) is 0 Å². The molecule has 19 heavy (non-hydrogen) atoms. The Hall–Kier alpha value is -2.62. The first kappa shape index (κ1) is 10.3. The minimum absolute atomic E-state index is 0.938. The average molecular weight is 249 g/mol. The number of imidazole rings is 2. The number of hydrogen-bond acceptors (Lipinski definition) is 1. The van der Waals surface area contributed by atoms with Gasteiger partial charge in [0.1, 0.15) is 5.82 Å².